The normalized spacial score (nSPS) is 10.4. The third-order valence-corrected chi connectivity index (χ3v) is 3.36. The van der Waals surface area contributed by atoms with Gasteiger partial charge in [0.05, 0.1) is 6.54 Å². The number of carbonyl (C=O) groups excluding carboxylic acids is 1. The Labute approximate surface area is 125 Å². The summed E-state index contributed by atoms with van der Waals surface area (Å²) in [6, 6.07) is 9.65. The third-order valence-electron chi connectivity index (χ3n) is 3.36. The van der Waals surface area contributed by atoms with E-state index < -0.39 is 0 Å². The van der Waals surface area contributed by atoms with Gasteiger partial charge in [0.1, 0.15) is 11.5 Å². The minimum atomic E-state index is -0.0492. The predicted molar refractivity (Wildman–Crippen MR) is 84.6 cm³/mol. The monoisotopic (exact) mass is 286 g/mol. The SMILES string of the molecule is CCNC(=O)c1ccc(C)c(NCc2ccc(CC)o2)c1. The molecule has 1 aromatic heterocycles. The van der Waals surface area contributed by atoms with Gasteiger partial charge in [-0.05, 0) is 43.7 Å². The van der Waals surface area contributed by atoms with Crippen LogP contribution in [0.1, 0.15) is 41.3 Å². The molecule has 0 saturated carbocycles. The van der Waals surface area contributed by atoms with E-state index in [-0.39, 0.29) is 5.91 Å². The number of carbonyl (C=O) groups is 1. The lowest BCUT2D eigenvalue weighted by atomic mass is 10.1. The first-order valence-electron chi connectivity index (χ1n) is 7.34. The number of amides is 1. The highest BCUT2D eigenvalue weighted by atomic mass is 16.3. The van der Waals surface area contributed by atoms with E-state index in [0.29, 0.717) is 18.7 Å². The van der Waals surface area contributed by atoms with Crippen LogP contribution >= 0.6 is 0 Å². The summed E-state index contributed by atoms with van der Waals surface area (Å²) in [5, 5.41) is 6.14. The summed E-state index contributed by atoms with van der Waals surface area (Å²) in [7, 11) is 0. The number of furan rings is 1. The molecular weight excluding hydrogens is 264 g/mol. The van der Waals surface area contributed by atoms with E-state index in [0.717, 1.165) is 29.2 Å². The zero-order valence-electron chi connectivity index (χ0n) is 12.8. The fourth-order valence-corrected chi connectivity index (χ4v) is 2.11. The smallest absolute Gasteiger partial charge is 0.251 e. The third kappa shape index (κ3) is 3.88. The highest BCUT2D eigenvalue weighted by Crippen LogP contribution is 2.18. The summed E-state index contributed by atoms with van der Waals surface area (Å²) in [4.78, 5) is 11.9. The van der Waals surface area contributed by atoms with Crippen molar-refractivity contribution in [3.05, 3.63) is 53.0 Å². The minimum Gasteiger partial charge on any atom is -0.464 e. The maximum Gasteiger partial charge on any atom is 0.251 e. The maximum atomic E-state index is 11.9. The van der Waals surface area contributed by atoms with Crippen LogP contribution in [0.15, 0.2) is 34.7 Å². The van der Waals surface area contributed by atoms with Crippen molar-refractivity contribution in [2.45, 2.75) is 33.7 Å². The molecule has 2 rings (SSSR count). The topological polar surface area (TPSA) is 54.3 Å². The second-order valence-corrected chi connectivity index (χ2v) is 4.96. The van der Waals surface area contributed by atoms with Crippen LogP contribution in [0.5, 0.6) is 0 Å². The summed E-state index contributed by atoms with van der Waals surface area (Å²) < 4.78 is 5.67. The average Bonchev–Trinajstić information content (AvgIpc) is 2.94. The fraction of sp³-hybridized carbons (Fsp3) is 0.353. The van der Waals surface area contributed by atoms with Crippen molar-refractivity contribution in [3.8, 4) is 0 Å². The molecule has 1 aromatic carbocycles. The Kier molecular flexibility index (Phi) is 5.04. The molecule has 0 aliphatic heterocycles. The molecule has 21 heavy (non-hydrogen) atoms. The van der Waals surface area contributed by atoms with Crippen molar-refractivity contribution in [3.63, 3.8) is 0 Å². The van der Waals surface area contributed by atoms with Gasteiger partial charge in [-0.15, -0.1) is 0 Å². The predicted octanol–water partition coefficient (Wildman–Crippen LogP) is 3.51. The van der Waals surface area contributed by atoms with Crippen LogP contribution in [0.3, 0.4) is 0 Å². The number of hydrogen-bond acceptors (Lipinski definition) is 3. The molecule has 0 aliphatic carbocycles. The molecule has 4 heteroatoms. The van der Waals surface area contributed by atoms with E-state index in [2.05, 4.69) is 17.6 Å². The fourth-order valence-electron chi connectivity index (χ4n) is 2.11. The number of benzene rings is 1. The Hall–Kier alpha value is -2.23. The van der Waals surface area contributed by atoms with Gasteiger partial charge in [-0.25, -0.2) is 0 Å². The van der Waals surface area contributed by atoms with Crippen LogP contribution in [0, 0.1) is 6.92 Å². The van der Waals surface area contributed by atoms with Crippen molar-refractivity contribution in [1.82, 2.24) is 5.32 Å². The Bertz CT molecular complexity index is 617. The molecule has 0 unspecified atom stereocenters. The van der Waals surface area contributed by atoms with Gasteiger partial charge in [0.2, 0.25) is 0 Å². The van der Waals surface area contributed by atoms with Gasteiger partial charge in [0.25, 0.3) is 5.91 Å². The summed E-state index contributed by atoms with van der Waals surface area (Å²) in [6.45, 7) is 7.23. The lowest BCUT2D eigenvalue weighted by molar-refractivity contribution is 0.0956. The number of hydrogen-bond donors (Lipinski definition) is 2. The summed E-state index contributed by atoms with van der Waals surface area (Å²) in [5.41, 5.74) is 2.72. The first kappa shape index (κ1) is 15.2. The highest BCUT2D eigenvalue weighted by molar-refractivity contribution is 5.95. The number of nitrogens with one attached hydrogen (secondary N) is 2. The van der Waals surface area contributed by atoms with Crippen LogP contribution in [0.4, 0.5) is 5.69 Å². The maximum absolute atomic E-state index is 11.9. The van der Waals surface area contributed by atoms with Gasteiger partial charge in [0, 0.05) is 24.2 Å². The van der Waals surface area contributed by atoms with Crippen molar-refractivity contribution < 1.29 is 9.21 Å². The molecule has 0 saturated heterocycles. The first-order valence-corrected chi connectivity index (χ1v) is 7.34. The zero-order valence-corrected chi connectivity index (χ0v) is 12.8. The van der Waals surface area contributed by atoms with E-state index in [4.69, 9.17) is 4.42 Å². The molecule has 112 valence electrons. The number of aryl methyl sites for hydroxylation is 2. The minimum absolute atomic E-state index is 0.0492. The van der Waals surface area contributed by atoms with E-state index >= 15 is 0 Å². The summed E-state index contributed by atoms with van der Waals surface area (Å²) in [6.07, 6.45) is 0.895. The van der Waals surface area contributed by atoms with Crippen LogP contribution in [-0.2, 0) is 13.0 Å². The summed E-state index contributed by atoms with van der Waals surface area (Å²) >= 11 is 0. The number of rotatable bonds is 6. The van der Waals surface area contributed by atoms with E-state index in [1.165, 1.54) is 0 Å². The Balaban J connectivity index is 2.08. The Morgan fingerprint density at radius 1 is 1.14 bits per heavy atom. The van der Waals surface area contributed by atoms with E-state index in [1.807, 2.05) is 44.2 Å². The van der Waals surface area contributed by atoms with Gasteiger partial charge < -0.3 is 15.1 Å². The standard InChI is InChI=1S/C17H22N2O2/c1-4-14-8-9-15(21-14)11-19-16-10-13(7-6-12(16)3)17(20)18-5-2/h6-10,19H,4-5,11H2,1-3H3,(H,18,20). The molecule has 2 N–H and O–H groups in total. The molecule has 0 aliphatic rings. The Morgan fingerprint density at radius 3 is 2.57 bits per heavy atom. The Morgan fingerprint density at radius 2 is 1.90 bits per heavy atom. The van der Waals surface area contributed by atoms with Crippen LogP contribution < -0.4 is 10.6 Å². The second-order valence-electron chi connectivity index (χ2n) is 4.96. The molecule has 0 spiro atoms. The quantitative estimate of drug-likeness (QED) is 0.854. The molecular formula is C17H22N2O2. The average molecular weight is 286 g/mol. The highest BCUT2D eigenvalue weighted by Gasteiger charge is 2.08. The van der Waals surface area contributed by atoms with Crippen LogP contribution in [0.2, 0.25) is 0 Å². The zero-order chi connectivity index (χ0) is 15.2. The van der Waals surface area contributed by atoms with Gasteiger partial charge in [-0.1, -0.05) is 13.0 Å². The second kappa shape index (κ2) is 6.97. The lowest BCUT2D eigenvalue weighted by Crippen LogP contribution is -2.22. The van der Waals surface area contributed by atoms with Crippen molar-refractivity contribution >= 4 is 11.6 Å². The van der Waals surface area contributed by atoms with Crippen LogP contribution in [0.25, 0.3) is 0 Å². The molecule has 0 fully saturated rings. The lowest BCUT2D eigenvalue weighted by Gasteiger charge is -2.10. The molecule has 2 aromatic rings. The van der Waals surface area contributed by atoms with Gasteiger partial charge in [-0.2, -0.15) is 0 Å². The first-order chi connectivity index (χ1) is 10.1. The molecule has 0 radical (unpaired) electrons. The van der Waals surface area contributed by atoms with Crippen molar-refractivity contribution in [2.24, 2.45) is 0 Å². The van der Waals surface area contributed by atoms with Gasteiger partial charge in [0.15, 0.2) is 0 Å². The molecule has 1 heterocycles. The molecule has 0 bridgehead atoms. The van der Waals surface area contributed by atoms with E-state index in [9.17, 15) is 4.79 Å². The molecule has 1 amide bonds. The van der Waals surface area contributed by atoms with Gasteiger partial charge in [-0.3, -0.25) is 4.79 Å². The van der Waals surface area contributed by atoms with Crippen molar-refractivity contribution in [2.75, 3.05) is 11.9 Å². The number of anilines is 1. The van der Waals surface area contributed by atoms with Crippen LogP contribution in [-0.4, -0.2) is 12.5 Å². The van der Waals surface area contributed by atoms with Crippen molar-refractivity contribution in [1.29, 1.82) is 0 Å². The van der Waals surface area contributed by atoms with Gasteiger partial charge >= 0.3 is 0 Å². The molecule has 0 atom stereocenters. The van der Waals surface area contributed by atoms with E-state index in [1.54, 1.807) is 0 Å². The largest absolute Gasteiger partial charge is 0.464 e. The summed E-state index contributed by atoms with van der Waals surface area (Å²) in [5.74, 6) is 1.83. The molecule has 4 nitrogen and oxygen atoms in total.